The minimum atomic E-state index is -0.0495. The minimum absolute atomic E-state index is 0.0495. The number of amides is 1. The molecular weight excluding hydrogens is 394 g/mol. The fourth-order valence-corrected chi connectivity index (χ4v) is 5.08. The number of hydrogen-bond donors (Lipinski definition) is 1. The van der Waals surface area contributed by atoms with Crippen LogP contribution in [0.3, 0.4) is 0 Å². The summed E-state index contributed by atoms with van der Waals surface area (Å²) in [6, 6.07) is 7.85. The van der Waals surface area contributed by atoms with E-state index in [0.29, 0.717) is 11.4 Å². The van der Waals surface area contributed by atoms with Crippen LogP contribution in [0.25, 0.3) is 16.1 Å². The first-order valence-corrected chi connectivity index (χ1v) is 11.4. The maximum absolute atomic E-state index is 12.6. The highest BCUT2D eigenvalue weighted by Crippen LogP contribution is 2.29. The number of fused-ring (bicyclic) bond motifs is 1. The molecule has 1 fully saturated rings. The molecule has 1 aliphatic rings. The lowest BCUT2D eigenvalue weighted by atomic mass is 9.89. The number of nitrogens with zero attached hydrogens (tertiary/aromatic N) is 4. The number of thiophene rings is 1. The average Bonchev–Trinajstić information content (AvgIpc) is 3.52. The molecule has 1 N–H and O–H groups in total. The summed E-state index contributed by atoms with van der Waals surface area (Å²) in [6.45, 7) is 1.49. The molecule has 6 nitrogen and oxygen atoms in total. The third-order valence-electron chi connectivity index (χ3n) is 5.82. The first-order chi connectivity index (χ1) is 14.7. The van der Waals surface area contributed by atoms with Gasteiger partial charge in [0.05, 0.1) is 11.1 Å². The Morgan fingerprint density at radius 1 is 1.13 bits per heavy atom. The molecule has 4 aromatic heterocycles. The molecule has 0 aliphatic heterocycles. The first kappa shape index (κ1) is 19.1. The molecular formula is C23H25N5OS. The Bertz CT molecular complexity index is 1150. The maximum atomic E-state index is 12.6. The van der Waals surface area contributed by atoms with E-state index in [4.69, 9.17) is 0 Å². The summed E-state index contributed by atoms with van der Waals surface area (Å²) in [6.07, 6.45) is 16.4. The quantitative estimate of drug-likeness (QED) is 0.490. The van der Waals surface area contributed by atoms with E-state index in [0.717, 1.165) is 34.1 Å². The molecule has 0 unspecified atom stereocenters. The predicted octanol–water partition coefficient (Wildman–Crippen LogP) is 4.77. The second kappa shape index (κ2) is 8.44. The summed E-state index contributed by atoms with van der Waals surface area (Å²) in [7, 11) is 0. The monoisotopic (exact) mass is 419 g/mol. The van der Waals surface area contributed by atoms with Gasteiger partial charge in [-0.05, 0) is 42.5 Å². The molecule has 7 heteroatoms. The molecule has 0 aromatic carbocycles. The molecule has 0 spiro atoms. The Kier molecular flexibility index (Phi) is 5.36. The van der Waals surface area contributed by atoms with Crippen LogP contribution < -0.4 is 5.32 Å². The van der Waals surface area contributed by atoms with Gasteiger partial charge in [-0.15, -0.1) is 11.3 Å². The fraction of sp³-hybridized carbons (Fsp3) is 0.348. The van der Waals surface area contributed by atoms with Crippen LogP contribution >= 0.6 is 11.3 Å². The number of imidazole rings is 1. The highest BCUT2D eigenvalue weighted by Gasteiger charge is 2.16. The van der Waals surface area contributed by atoms with Crippen molar-refractivity contribution in [3.63, 3.8) is 0 Å². The van der Waals surface area contributed by atoms with Gasteiger partial charge in [0.2, 0.25) is 0 Å². The molecule has 0 saturated heterocycles. The van der Waals surface area contributed by atoms with Crippen LogP contribution in [0.4, 0.5) is 0 Å². The third-order valence-corrected chi connectivity index (χ3v) is 6.95. The zero-order valence-electron chi connectivity index (χ0n) is 16.8. The summed E-state index contributed by atoms with van der Waals surface area (Å²) in [4.78, 5) is 18.6. The molecule has 1 aliphatic carbocycles. The van der Waals surface area contributed by atoms with Crippen molar-refractivity contribution in [2.24, 2.45) is 5.92 Å². The van der Waals surface area contributed by atoms with Gasteiger partial charge in [-0.25, -0.2) is 4.98 Å². The maximum Gasteiger partial charge on any atom is 0.261 e. The Morgan fingerprint density at radius 3 is 2.93 bits per heavy atom. The lowest BCUT2D eigenvalue weighted by Crippen LogP contribution is -2.21. The van der Waals surface area contributed by atoms with Gasteiger partial charge < -0.3 is 9.72 Å². The van der Waals surface area contributed by atoms with E-state index in [1.165, 1.54) is 43.4 Å². The van der Waals surface area contributed by atoms with Crippen molar-refractivity contribution in [2.75, 3.05) is 0 Å². The molecule has 4 heterocycles. The fourth-order valence-electron chi connectivity index (χ4n) is 4.18. The van der Waals surface area contributed by atoms with Crippen molar-refractivity contribution in [2.45, 2.75) is 45.2 Å². The summed E-state index contributed by atoms with van der Waals surface area (Å²) >= 11 is 1.51. The van der Waals surface area contributed by atoms with Gasteiger partial charge in [-0.1, -0.05) is 25.3 Å². The Hall–Kier alpha value is -2.93. The number of pyridine rings is 1. The van der Waals surface area contributed by atoms with E-state index in [-0.39, 0.29) is 5.91 Å². The number of nitrogens with one attached hydrogen (secondary N) is 1. The van der Waals surface area contributed by atoms with Crippen molar-refractivity contribution >= 4 is 22.9 Å². The Balaban J connectivity index is 1.21. The molecule has 154 valence electrons. The molecule has 30 heavy (non-hydrogen) atoms. The second-order valence-electron chi connectivity index (χ2n) is 8.03. The smallest absolute Gasteiger partial charge is 0.261 e. The highest BCUT2D eigenvalue weighted by atomic mass is 32.1. The summed E-state index contributed by atoms with van der Waals surface area (Å²) in [5.41, 5.74) is 3.02. The molecule has 4 aromatic rings. The number of hydrogen-bond acceptors (Lipinski definition) is 4. The number of aromatic nitrogens is 4. The van der Waals surface area contributed by atoms with Gasteiger partial charge in [0.15, 0.2) is 0 Å². The van der Waals surface area contributed by atoms with Gasteiger partial charge in [0, 0.05) is 48.3 Å². The van der Waals surface area contributed by atoms with Gasteiger partial charge in [-0.3, -0.25) is 9.48 Å². The largest absolute Gasteiger partial charge is 0.347 e. The van der Waals surface area contributed by atoms with E-state index in [1.54, 1.807) is 6.20 Å². The van der Waals surface area contributed by atoms with E-state index in [1.807, 2.05) is 47.3 Å². The van der Waals surface area contributed by atoms with E-state index in [9.17, 15) is 4.79 Å². The van der Waals surface area contributed by atoms with Crippen LogP contribution in [-0.4, -0.2) is 25.1 Å². The van der Waals surface area contributed by atoms with Gasteiger partial charge in [0.1, 0.15) is 5.65 Å². The molecule has 1 amide bonds. The standard InChI is InChI=1S/C23H25N5OS/c29-23(25-12-18-6-9-22-24-10-11-27(22)14-18)21-8-7-20(30-21)19-13-26-28(16-19)15-17-4-2-1-3-5-17/h6-11,13-14,16-17H,1-5,12,15H2,(H,25,29). The summed E-state index contributed by atoms with van der Waals surface area (Å²) in [5.74, 6) is 0.698. The molecule has 0 bridgehead atoms. The summed E-state index contributed by atoms with van der Waals surface area (Å²) < 4.78 is 4.02. The zero-order valence-corrected chi connectivity index (χ0v) is 17.6. The molecule has 0 atom stereocenters. The lowest BCUT2D eigenvalue weighted by molar-refractivity contribution is 0.0955. The van der Waals surface area contributed by atoms with Gasteiger partial charge in [0.25, 0.3) is 5.91 Å². The number of carbonyl (C=O) groups excluding carboxylic acids is 1. The van der Waals surface area contributed by atoms with Crippen LogP contribution in [0.1, 0.15) is 47.3 Å². The second-order valence-corrected chi connectivity index (χ2v) is 9.12. The zero-order chi connectivity index (χ0) is 20.3. The van der Waals surface area contributed by atoms with Gasteiger partial charge >= 0.3 is 0 Å². The lowest BCUT2D eigenvalue weighted by Gasteiger charge is -2.21. The van der Waals surface area contributed by atoms with Crippen molar-refractivity contribution in [1.82, 2.24) is 24.5 Å². The van der Waals surface area contributed by atoms with E-state index in [2.05, 4.69) is 26.3 Å². The van der Waals surface area contributed by atoms with Crippen LogP contribution in [0, 0.1) is 5.92 Å². The molecule has 0 radical (unpaired) electrons. The van der Waals surface area contributed by atoms with Crippen LogP contribution in [0.5, 0.6) is 0 Å². The minimum Gasteiger partial charge on any atom is -0.347 e. The average molecular weight is 420 g/mol. The Labute approximate surface area is 179 Å². The third kappa shape index (κ3) is 4.16. The van der Waals surface area contributed by atoms with Crippen molar-refractivity contribution in [1.29, 1.82) is 0 Å². The number of carbonyl (C=O) groups is 1. The first-order valence-electron chi connectivity index (χ1n) is 10.6. The van der Waals surface area contributed by atoms with Crippen molar-refractivity contribution in [3.05, 3.63) is 65.7 Å². The normalized spacial score (nSPS) is 14.9. The van der Waals surface area contributed by atoms with Crippen molar-refractivity contribution < 1.29 is 4.79 Å². The SMILES string of the molecule is O=C(NCc1ccc2nccn2c1)c1ccc(-c2cnn(CC3CCCCC3)c2)s1. The topological polar surface area (TPSA) is 64.2 Å². The number of rotatable bonds is 6. The molecule has 1 saturated carbocycles. The molecule has 5 rings (SSSR count). The predicted molar refractivity (Wildman–Crippen MR) is 118 cm³/mol. The van der Waals surface area contributed by atoms with E-state index < -0.39 is 0 Å². The Morgan fingerprint density at radius 2 is 2.03 bits per heavy atom. The summed E-state index contributed by atoms with van der Waals surface area (Å²) in [5, 5.41) is 7.57. The van der Waals surface area contributed by atoms with Crippen LogP contribution in [0.15, 0.2) is 55.2 Å². The van der Waals surface area contributed by atoms with E-state index >= 15 is 0 Å². The van der Waals surface area contributed by atoms with Gasteiger partial charge in [-0.2, -0.15) is 5.10 Å². The van der Waals surface area contributed by atoms with Crippen molar-refractivity contribution in [3.8, 4) is 10.4 Å². The van der Waals surface area contributed by atoms with Crippen LogP contribution in [-0.2, 0) is 13.1 Å². The van der Waals surface area contributed by atoms with Crippen LogP contribution in [0.2, 0.25) is 0 Å². The highest BCUT2D eigenvalue weighted by molar-refractivity contribution is 7.17.